The third-order valence-electron chi connectivity index (χ3n) is 3.98. The maximum atomic E-state index is 10.2. The summed E-state index contributed by atoms with van der Waals surface area (Å²) in [6.07, 6.45) is 0. The fourth-order valence-corrected chi connectivity index (χ4v) is 3.28. The zero-order valence-electron chi connectivity index (χ0n) is 11.9. The Morgan fingerprint density at radius 1 is 1.15 bits per heavy atom. The molecule has 20 heavy (non-hydrogen) atoms. The summed E-state index contributed by atoms with van der Waals surface area (Å²) in [5.41, 5.74) is 5.90. The van der Waals surface area contributed by atoms with Gasteiger partial charge in [0, 0.05) is 10.0 Å². The van der Waals surface area contributed by atoms with Gasteiger partial charge in [0.25, 0.3) is 0 Å². The molecule has 1 aliphatic rings. The van der Waals surface area contributed by atoms with E-state index >= 15 is 0 Å². The van der Waals surface area contributed by atoms with Crippen LogP contribution in [-0.4, -0.2) is 23.4 Å². The van der Waals surface area contributed by atoms with Crippen LogP contribution in [-0.2, 0) is 9.31 Å². The molecule has 1 heterocycles. The third kappa shape index (κ3) is 2.79. The fraction of sp³-hybridized carbons (Fsp3) is 0.538. The number of aromatic hydroxyl groups is 1. The van der Waals surface area contributed by atoms with E-state index in [0.717, 1.165) is 4.47 Å². The monoisotopic (exact) mass is 405 g/mol. The van der Waals surface area contributed by atoms with Gasteiger partial charge in [0.2, 0.25) is 0 Å². The highest BCUT2D eigenvalue weighted by molar-refractivity contribution is 9.11. The lowest BCUT2D eigenvalue weighted by molar-refractivity contribution is 0.00578. The summed E-state index contributed by atoms with van der Waals surface area (Å²) in [6, 6.07) is 3.53. The highest BCUT2D eigenvalue weighted by atomic mass is 79.9. The van der Waals surface area contributed by atoms with Gasteiger partial charge in [0.05, 0.1) is 21.6 Å². The molecule has 0 aliphatic carbocycles. The second-order valence-corrected chi connectivity index (χ2v) is 7.75. The van der Waals surface area contributed by atoms with Crippen LogP contribution in [0.5, 0.6) is 5.75 Å². The smallest absolute Gasteiger partial charge is 0.480 e. The Balaban J connectivity index is 2.32. The first-order valence-electron chi connectivity index (χ1n) is 6.34. The minimum Gasteiger partial charge on any atom is -0.506 e. The van der Waals surface area contributed by atoms with Crippen molar-refractivity contribution < 1.29 is 14.4 Å². The predicted octanol–water partition coefficient (Wildman–Crippen LogP) is 3.55. The molecule has 110 valence electrons. The van der Waals surface area contributed by atoms with Gasteiger partial charge in [-0.1, -0.05) is 15.9 Å². The molecule has 1 aromatic rings. The highest BCUT2D eigenvalue weighted by Gasteiger charge is 2.53. The number of benzene rings is 1. The SMILES string of the molecule is CC1(C)OB([C@@H](N)c2cc(Br)cc(Br)c2O)OC1(C)C. The van der Waals surface area contributed by atoms with Crippen molar-refractivity contribution in [2.45, 2.75) is 44.8 Å². The van der Waals surface area contributed by atoms with Crippen LogP contribution in [0.3, 0.4) is 0 Å². The van der Waals surface area contributed by atoms with E-state index in [2.05, 4.69) is 31.9 Å². The number of hydrogen-bond donors (Lipinski definition) is 2. The molecule has 2 rings (SSSR count). The van der Waals surface area contributed by atoms with Crippen LogP contribution in [0.25, 0.3) is 0 Å². The van der Waals surface area contributed by atoms with Crippen molar-refractivity contribution in [3.05, 3.63) is 26.6 Å². The number of halogens is 2. The minimum atomic E-state index is -0.605. The van der Waals surface area contributed by atoms with E-state index in [0.29, 0.717) is 10.0 Å². The average Bonchev–Trinajstić information content (AvgIpc) is 2.52. The summed E-state index contributed by atoms with van der Waals surface area (Å²) in [5.74, 6) is -0.472. The molecule has 0 aromatic heterocycles. The van der Waals surface area contributed by atoms with Gasteiger partial charge in [-0.2, -0.15) is 0 Å². The summed E-state index contributed by atoms with van der Waals surface area (Å²) in [5, 5.41) is 10.2. The van der Waals surface area contributed by atoms with E-state index in [1.54, 1.807) is 12.1 Å². The van der Waals surface area contributed by atoms with E-state index in [1.165, 1.54) is 0 Å². The van der Waals surface area contributed by atoms with Crippen LogP contribution >= 0.6 is 31.9 Å². The number of rotatable bonds is 2. The van der Waals surface area contributed by atoms with Crippen molar-refractivity contribution in [2.24, 2.45) is 5.73 Å². The van der Waals surface area contributed by atoms with Crippen LogP contribution in [0.2, 0.25) is 0 Å². The average molecular weight is 407 g/mol. The Hall–Kier alpha value is -0.0751. The fourth-order valence-electron chi connectivity index (χ4n) is 2.02. The normalized spacial score (nSPS) is 22.1. The van der Waals surface area contributed by atoms with Gasteiger partial charge in [-0.15, -0.1) is 0 Å². The summed E-state index contributed by atoms with van der Waals surface area (Å²) < 4.78 is 13.3. The van der Waals surface area contributed by atoms with Gasteiger partial charge in [-0.05, 0) is 55.8 Å². The third-order valence-corrected chi connectivity index (χ3v) is 5.04. The van der Waals surface area contributed by atoms with Crippen molar-refractivity contribution in [3.8, 4) is 5.75 Å². The topological polar surface area (TPSA) is 64.7 Å². The van der Waals surface area contributed by atoms with E-state index in [-0.39, 0.29) is 5.75 Å². The second kappa shape index (κ2) is 5.28. The minimum absolute atomic E-state index is 0.107. The molecule has 0 saturated carbocycles. The lowest BCUT2D eigenvalue weighted by Crippen LogP contribution is -2.41. The lowest BCUT2D eigenvalue weighted by atomic mass is 9.74. The molecule has 0 bridgehead atoms. The predicted molar refractivity (Wildman–Crippen MR) is 86.5 cm³/mol. The molecule has 0 radical (unpaired) electrons. The van der Waals surface area contributed by atoms with Crippen LogP contribution in [0.15, 0.2) is 21.1 Å². The molecule has 0 amide bonds. The Morgan fingerprint density at radius 3 is 2.15 bits per heavy atom. The number of nitrogens with two attached hydrogens (primary N) is 1. The number of phenols is 1. The van der Waals surface area contributed by atoms with E-state index in [4.69, 9.17) is 15.0 Å². The molecule has 0 spiro atoms. The first kappa shape index (κ1) is 16.3. The Labute approximate surface area is 136 Å². The summed E-state index contributed by atoms with van der Waals surface area (Å²) in [7, 11) is -0.605. The maximum absolute atomic E-state index is 10.2. The molecular formula is C13H18BBr2NO3. The van der Waals surface area contributed by atoms with Gasteiger partial charge < -0.3 is 20.1 Å². The van der Waals surface area contributed by atoms with Crippen molar-refractivity contribution in [2.75, 3.05) is 0 Å². The first-order valence-corrected chi connectivity index (χ1v) is 7.93. The van der Waals surface area contributed by atoms with E-state index in [9.17, 15) is 5.11 Å². The molecule has 4 nitrogen and oxygen atoms in total. The highest BCUT2D eigenvalue weighted by Crippen LogP contribution is 2.42. The molecule has 1 atom stereocenters. The first-order chi connectivity index (χ1) is 9.05. The van der Waals surface area contributed by atoms with Crippen LogP contribution in [0.4, 0.5) is 0 Å². The quantitative estimate of drug-likeness (QED) is 0.737. The summed E-state index contributed by atoms with van der Waals surface area (Å²) in [6.45, 7) is 7.87. The van der Waals surface area contributed by atoms with Crippen molar-refractivity contribution in [3.63, 3.8) is 0 Å². The lowest BCUT2D eigenvalue weighted by Gasteiger charge is -2.32. The summed E-state index contributed by atoms with van der Waals surface area (Å²) in [4.78, 5) is 0. The molecule has 0 unspecified atom stereocenters. The Morgan fingerprint density at radius 2 is 1.65 bits per heavy atom. The van der Waals surface area contributed by atoms with Gasteiger partial charge >= 0.3 is 7.12 Å². The van der Waals surface area contributed by atoms with Crippen LogP contribution in [0, 0.1) is 0 Å². The largest absolute Gasteiger partial charge is 0.506 e. The van der Waals surface area contributed by atoms with Crippen molar-refractivity contribution >= 4 is 39.0 Å². The van der Waals surface area contributed by atoms with Crippen LogP contribution in [0.1, 0.15) is 39.2 Å². The number of phenolic OH excluding ortho intramolecular Hbond substituents is 1. The molecule has 7 heteroatoms. The Kier molecular flexibility index (Phi) is 4.31. The Bertz CT molecular complexity index is 521. The van der Waals surface area contributed by atoms with E-state index < -0.39 is 24.3 Å². The molecule has 1 saturated heterocycles. The van der Waals surface area contributed by atoms with Gasteiger partial charge in [-0.25, -0.2) is 0 Å². The van der Waals surface area contributed by atoms with Crippen LogP contribution < -0.4 is 5.73 Å². The number of hydrogen-bond acceptors (Lipinski definition) is 4. The molecule has 1 fully saturated rings. The molecular weight excluding hydrogens is 389 g/mol. The maximum Gasteiger partial charge on any atom is 0.480 e. The molecule has 3 N–H and O–H groups in total. The summed E-state index contributed by atoms with van der Waals surface area (Å²) >= 11 is 6.69. The zero-order chi connectivity index (χ0) is 15.3. The second-order valence-electron chi connectivity index (χ2n) is 5.98. The van der Waals surface area contributed by atoms with Crippen molar-refractivity contribution in [1.29, 1.82) is 0 Å². The zero-order valence-corrected chi connectivity index (χ0v) is 15.1. The standard InChI is InChI=1S/C13H18BBr2NO3/c1-12(2)13(3,4)20-14(19-12)11(17)8-5-7(15)6-9(16)10(8)18/h5-6,11,18H,17H2,1-4H3/t11-/m0/s1. The van der Waals surface area contributed by atoms with Gasteiger partial charge in [0.1, 0.15) is 5.75 Å². The molecule has 1 aromatic carbocycles. The molecule has 1 aliphatic heterocycles. The van der Waals surface area contributed by atoms with Gasteiger partial charge in [0.15, 0.2) is 0 Å². The van der Waals surface area contributed by atoms with Gasteiger partial charge in [-0.3, -0.25) is 0 Å². The van der Waals surface area contributed by atoms with Crippen molar-refractivity contribution in [1.82, 2.24) is 0 Å². The van der Waals surface area contributed by atoms with E-state index in [1.807, 2.05) is 27.7 Å².